The van der Waals surface area contributed by atoms with Gasteiger partial charge in [-0.1, -0.05) is 12.8 Å². The van der Waals surface area contributed by atoms with E-state index < -0.39 is 0 Å². The summed E-state index contributed by atoms with van der Waals surface area (Å²) in [5, 5.41) is 10.1. The van der Waals surface area contributed by atoms with Crippen molar-refractivity contribution in [3.63, 3.8) is 0 Å². The fourth-order valence-electron chi connectivity index (χ4n) is 3.27. The van der Waals surface area contributed by atoms with Crippen LogP contribution in [-0.2, 0) is 4.74 Å². The van der Waals surface area contributed by atoms with Crippen LogP contribution in [0.2, 0.25) is 0 Å². The molecule has 0 amide bonds. The first-order valence-electron chi connectivity index (χ1n) is 6.58. The number of nitrogens with zero attached hydrogens (tertiary/aromatic N) is 1. The molecule has 2 rings (SSSR count). The summed E-state index contributed by atoms with van der Waals surface area (Å²) in [5.41, 5.74) is -0.0746. The summed E-state index contributed by atoms with van der Waals surface area (Å²) in [4.78, 5) is 2.44. The summed E-state index contributed by atoms with van der Waals surface area (Å²) in [6.45, 7) is 8.32. The van der Waals surface area contributed by atoms with Gasteiger partial charge in [0, 0.05) is 19.1 Å². The van der Waals surface area contributed by atoms with Crippen molar-refractivity contribution in [2.24, 2.45) is 0 Å². The number of morpholine rings is 1. The number of hydrogen-bond acceptors (Lipinski definition) is 3. The lowest BCUT2D eigenvalue weighted by atomic mass is 9.89. The van der Waals surface area contributed by atoms with E-state index in [1.807, 2.05) is 0 Å². The molecule has 16 heavy (non-hydrogen) atoms. The molecule has 3 atom stereocenters. The maximum absolute atomic E-state index is 10.1. The molecule has 0 spiro atoms. The van der Waals surface area contributed by atoms with Crippen molar-refractivity contribution < 1.29 is 9.84 Å². The van der Waals surface area contributed by atoms with Gasteiger partial charge in [0.15, 0.2) is 0 Å². The van der Waals surface area contributed by atoms with Crippen LogP contribution in [0.1, 0.15) is 46.5 Å². The molecule has 0 radical (unpaired) electrons. The average Bonchev–Trinajstić information content (AvgIpc) is 2.15. The van der Waals surface area contributed by atoms with Gasteiger partial charge in [0.1, 0.15) is 0 Å². The highest BCUT2D eigenvalue weighted by atomic mass is 16.5. The summed E-state index contributed by atoms with van der Waals surface area (Å²) < 4.78 is 5.91. The van der Waals surface area contributed by atoms with E-state index in [2.05, 4.69) is 25.7 Å². The summed E-state index contributed by atoms with van der Waals surface area (Å²) in [6.07, 6.45) is 4.70. The fourth-order valence-corrected chi connectivity index (χ4v) is 3.27. The van der Waals surface area contributed by atoms with E-state index in [1.165, 1.54) is 12.8 Å². The Balaban J connectivity index is 2.02. The van der Waals surface area contributed by atoms with Gasteiger partial charge in [-0.15, -0.1) is 0 Å². The molecule has 94 valence electrons. The molecule has 3 nitrogen and oxygen atoms in total. The summed E-state index contributed by atoms with van der Waals surface area (Å²) in [5.74, 6) is 0. The molecule has 1 saturated heterocycles. The van der Waals surface area contributed by atoms with Crippen LogP contribution in [0.15, 0.2) is 0 Å². The Morgan fingerprint density at radius 1 is 1.25 bits per heavy atom. The van der Waals surface area contributed by atoms with Gasteiger partial charge in [-0.05, 0) is 33.6 Å². The maximum atomic E-state index is 10.1. The van der Waals surface area contributed by atoms with Gasteiger partial charge in [-0.3, -0.25) is 4.90 Å². The number of hydrogen-bond donors (Lipinski definition) is 1. The molecule has 0 bridgehead atoms. The van der Waals surface area contributed by atoms with E-state index in [9.17, 15) is 5.11 Å². The van der Waals surface area contributed by atoms with E-state index in [0.29, 0.717) is 6.04 Å². The predicted molar refractivity (Wildman–Crippen MR) is 64.5 cm³/mol. The second kappa shape index (κ2) is 4.63. The second-order valence-electron chi connectivity index (χ2n) is 6.04. The Morgan fingerprint density at radius 2 is 1.94 bits per heavy atom. The fraction of sp³-hybridized carbons (Fsp3) is 1.00. The van der Waals surface area contributed by atoms with Crippen LogP contribution in [0, 0.1) is 0 Å². The van der Waals surface area contributed by atoms with Crippen LogP contribution in [0.3, 0.4) is 0 Å². The van der Waals surface area contributed by atoms with Crippen LogP contribution >= 0.6 is 0 Å². The van der Waals surface area contributed by atoms with E-state index >= 15 is 0 Å². The van der Waals surface area contributed by atoms with E-state index in [4.69, 9.17) is 4.74 Å². The van der Waals surface area contributed by atoms with Crippen molar-refractivity contribution in [2.75, 3.05) is 13.1 Å². The van der Waals surface area contributed by atoms with Gasteiger partial charge < -0.3 is 9.84 Å². The van der Waals surface area contributed by atoms with Crippen molar-refractivity contribution in [1.82, 2.24) is 4.90 Å². The van der Waals surface area contributed by atoms with Crippen molar-refractivity contribution >= 4 is 0 Å². The highest BCUT2D eigenvalue weighted by Gasteiger charge is 2.37. The summed E-state index contributed by atoms with van der Waals surface area (Å²) in [7, 11) is 0. The van der Waals surface area contributed by atoms with Crippen LogP contribution in [0.25, 0.3) is 0 Å². The monoisotopic (exact) mass is 227 g/mol. The third-order valence-corrected chi connectivity index (χ3v) is 3.76. The Labute approximate surface area is 98.8 Å². The average molecular weight is 227 g/mol. The van der Waals surface area contributed by atoms with Gasteiger partial charge in [0.05, 0.1) is 17.8 Å². The molecule has 3 heteroatoms. The number of ether oxygens (including phenoxy) is 1. The van der Waals surface area contributed by atoms with Gasteiger partial charge in [-0.2, -0.15) is 0 Å². The molecular weight excluding hydrogens is 202 g/mol. The molecule has 2 fully saturated rings. The molecule has 1 saturated carbocycles. The molecule has 0 aromatic rings. The van der Waals surface area contributed by atoms with Gasteiger partial charge in [0.25, 0.3) is 0 Å². The predicted octanol–water partition coefficient (Wildman–Crippen LogP) is 1.79. The molecule has 0 aromatic heterocycles. The molecule has 2 aliphatic rings. The lowest BCUT2D eigenvalue weighted by molar-refractivity contribution is -0.150. The normalized spacial score (nSPS) is 40.9. The molecule has 1 aliphatic heterocycles. The smallest absolute Gasteiger partial charge is 0.0757 e. The van der Waals surface area contributed by atoms with Crippen LogP contribution in [-0.4, -0.2) is 46.9 Å². The van der Waals surface area contributed by atoms with Crippen molar-refractivity contribution in [1.29, 1.82) is 0 Å². The molecular formula is C13H25NO2. The topological polar surface area (TPSA) is 32.7 Å². The zero-order valence-corrected chi connectivity index (χ0v) is 10.8. The lowest BCUT2D eigenvalue weighted by Crippen LogP contribution is -2.58. The van der Waals surface area contributed by atoms with Gasteiger partial charge >= 0.3 is 0 Å². The van der Waals surface area contributed by atoms with Crippen molar-refractivity contribution in [3.8, 4) is 0 Å². The molecule has 3 unspecified atom stereocenters. The minimum absolute atomic E-state index is 0.0746. The Morgan fingerprint density at radius 3 is 2.56 bits per heavy atom. The van der Waals surface area contributed by atoms with E-state index in [1.54, 1.807) is 0 Å². The standard InChI is InChI=1S/C13H25NO2/c1-10-8-14(9-13(2,3)16-10)11-6-4-5-7-12(11)15/h10-12,15H,4-9H2,1-3H3. The van der Waals surface area contributed by atoms with Crippen molar-refractivity contribution in [2.45, 2.75) is 70.3 Å². The number of aliphatic hydroxyl groups excluding tert-OH is 1. The number of aliphatic hydroxyl groups is 1. The molecule has 1 heterocycles. The zero-order chi connectivity index (χ0) is 11.8. The molecule has 0 aromatic carbocycles. The van der Waals surface area contributed by atoms with Crippen LogP contribution in [0.4, 0.5) is 0 Å². The van der Waals surface area contributed by atoms with Gasteiger partial charge in [0.2, 0.25) is 0 Å². The summed E-state index contributed by atoms with van der Waals surface area (Å²) in [6, 6.07) is 0.361. The first kappa shape index (κ1) is 12.3. The minimum Gasteiger partial charge on any atom is -0.391 e. The third-order valence-electron chi connectivity index (χ3n) is 3.76. The zero-order valence-electron chi connectivity index (χ0n) is 10.8. The Kier molecular flexibility index (Phi) is 3.57. The Hall–Kier alpha value is -0.120. The van der Waals surface area contributed by atoms with Gasteiger partial charge in [-0.25, -0.2) is 0 Å². The van der Waals surface area contributed by atoms with Crippen molar-refractivity contribution in [3.05, 3.63) is 0 Å². The third kappa shape index (κ3) is 2.76. The molecule has 1 aliphatic carbocycles. The summed E-state index contributed by atoms with van der Waals surface area (Å²) >= 11 is 0. The molecule has 1 N–H and O–H groups in total. The lowest BCUT2D eigenvalue weighted by Gasteiger charge is -2.47. The first-order valence-corrected chi connectivity index (χ1v) is 6.58. The minimum atomic E-state index is -0.130. The SMILES string of the molecule is CC1CN(C2CCCCC2O)CC(C)(C)O1. The van der Waals surface area contributed by atoms with E-state index in [-0.39, 0.29) is 17.8 Å². The highest BCUT2D eigenvalue weighted by molar-refractivity contribution is 4.90. The highest BCUT2D eigenvalue weighted by Crippen LogP contribution is 2.29. The maximum Gasteiger partial charge on any atom is 0.0757 e. The van der Waals surface area contributed by atoms with Crippen LogP contribution in [0.5, 0.6) is 0 Å². The van der Waals surface area contributed by atoms with Crippen LogP contribution < -0.4 is 0 Å². The van der Waals surface area contributed by atoms with E-state index in [0.717, 1.165) is 25.9 Å². The second-order valence-corrected chi connectivity index (χ2v) is 6.04. The quantitative estimate of drug-likeness (QED) is 0.741. The first-order chi connectivity index (χ1) is 7.48. The number of rotatable bonds is 1. The largest absolute Gasteiger partial charge is 0.391 e. The Bertz CT molecular complexity index is 242.